The van der Waals surface area contributed by atoms with Gasteiger partial charge in [-0.3, -0.25) is 4.79 Å². The van der Waals surface area contributed by atoms with Crippen molar-refractivity contribution in [2.45, 2.75) is 59.0 Å². The molecule has 0 radical (unpaired) electrons. The lowest BCUT2D eigenvalue weighted by atomic mass is 9.97. The van der Waals surface area contributed by atoms with Crippen molar-refractivity contribution in [3.05, 3.63) is 76.7 Å². The zero-order valence-electron chi connectivity index (χ0n) is 21.0. The van der Waals surface area contributed by atoms with Gasteiger partial charge in [0.2, 0.25) is 0 Å². The van der Waals surface area contributed by atoms with E-state index in [1.54, 1.807) is 23.5 Å². The summed E-state index contributed by atoms with van der Waals surface area (Å²) in [6, 6.07) is 16.6. The first kappa shape index (κ1) is 25.6. The highest BCUT2D eigenvalue weighted by Crippen LogP contribution is 2.32. The Bertz CT molecular complexity index is 1350. The van der Waals surface area contributed by atoms with Crippen LogP contribution in [0.1, 0.15) is 55.8 Å². The van der Waals surface area contributed by atoms with E-state index in [-0.39, 0.29) is 24.2 Å². The van der Waals surface area contributed by atoms with Gasteiger partial charge >= 0.3 is 5.97 Å². The average Bonchev–Trinajstić information content (AvgIpc) is 3.20. The fraction of sp³-hybridized carbons (Fsp3) is 0.321. The van der Waals surface area contributed by atoms with Crippen LogP contribution in [0.15, 0.2) is 54.6 Å². The topological polar surface area (TPSA) is 78.3 Å². The fourth-order valence-corrected chi connectivity index (χ4v) is 5.10. The summed E-state index contributed by atoms with van der Waals surface area (Å²) in [7, 11) is 0. The summed E-state index contributed by atoms with van der Waals surface area (Å²) < 4.78 is 14.6. The molecule has 2 heterocycles. The van der Waals surface area contributed by atoms with Crippen LogP contribution in [0.3, 0.4) is 0 Å². The van der Waals surface area contributed by atoms with Gasteiger partial charge < -0.3 is 15.3 Å². The molecule has 0 fully saturated rings. The summed E-state index contributed by atoms with van der Waals surface area (Å²) in [5.41, 5.74) is 4.44. The number of aromatic nitrogens is 2. The Kier molecular flexibility index (Phi) is 7.84. The molecule has 6 nitrogen and oxygen atoms in total. The summed E-state index contributed by atoms with van der Waals surface area (Å²) in [5, 5.41) is 14.0. The molecule has 8 heteroatoms. The molecule has 0 bridgehead atoms. The Morgan fingerprint density at radius 1 is 1.08 bits per heavy atom. The number of benzene rings is 2. The zero-order chi connectivity index (χ0) is 25.8. The lowest BCUT2D eigenvalue weighted by Gasteiger charge is -2.29. The summed E-state index contributed by atoms with van der Waals surface area (Å²) >= 11 is 1.65. The molecule has 4 aromatic rings. The quantitative estimate of drug-likeness (QED) is 0.236. The molecule has 0 saturated carbocycles. The number of hydrogen-bond donors (Lipinski definition) is 2. The number of aryl methyl sites for hydroxylation is 1. The SMILES string of the molecule is CCC(CC(=O)O)c1cc(Nc2ccc3nc(C)sc3c2)cc(N(Cc2ccc(F)cc2)C(C)C)n1. The molecule has 2 aromatic carbocycles. The lowest BCUT2D eigenvalue weighted by Crippen LogP contribution is -2.31. The molecule has 36 heavy (non-hydrogen) atoms. The molecule has 1 unspecified atom stereocenters. The number of aliphatic carboxylic acids is 1. The van der Waals surface area contributed by atoms with E-state index in [0.29, 0.717) is 13.0 Å². The zero-order valence-corrected chi connectivity index (χ0v) is 21.8. The number of carboxylic acid groups (broad SMARTS) is 1. The van der Waals surface area contributed by atoms with Crippen LogP contribution in [0.25, 0.3) is 10.2 Å². The number of nitrogens with one attached hydrogen (secondary N) is 1. The number of fused-ring (bicyclic) bond motifs is 1. The van der Waals surface area contributed by atoms with Crippen molar-refractivity contribution in [2.24, 2.45) is 0 Å². The second kappa shape index (κ2) is 11.0. The van der Waals surface area contributed by atoms with E-state index in [1.165, 1.54) is 12.1 Å². The molecule has 0 aliphatic heterocycles. The number of halogens is 1. The highest BCUT2D eigenvalue weighted by Gasteiger charge is 2.20. The van der Waals surface area contributed by atoms with E-state index >= 15 is 0 Å². The van der Waals surface area contributed by atoms with Gasteiger partial charge in [-0.1, -0.05) is 19.1 Å². The van der Waals surface area contributed by atoms with E-state index < -0.39 is 5.97 Å². The Labute approximate surface area is 214 Å². The second-order valence-corrected chi connectivity index (χ2v) is 10.5. The highest BCUT2D eigenvalue weighted by molar-refractivity contribution is 7.18. The van der Waals surface area contributed by atoms with E-state index in [9.17, 15) is 14.3 Å². The predicted molar refractivity (Wildman–Crippen MR) is 145 cm³/mol. The second-order valence-electron chi connectivity index (χ2n) is 9.23. The van der Waals surface area contributed by atoms with Crippen LogP contribution in [-0.4, -0.2) is 27.1 Å². The standard InChI is InChI=1S/C28H31FN4O2S/c1-5-20(12-28(34)35)25-13-23(31-22-10-11-24-26(14-22)36-18(4)30-24)15-27(32-25)33(17(2)3)16-19-6-8-21(29)9-7-19/h6-11,13-15,17,20H,5,12,16H2,1-4H3,(H,31,32)(H,34,35). The predicted octanol–water partition coefficient (Wildman–Crippen LogP) is 7.27. The van der Waals surface area contributed by atoms with Crippen LogP contribution in [0.4, 0.5) is 21.6 Å². The van der Waals surface area contributed by atoms with Gasteiger partial charge in [0.15, 0.2) is 0 Å². The van der Waals surface area contributed by atoms with Crippen molar-refractivity contribution in [1.29, 1.82) is 0 Å². The molecule has 0 spiro atoms. The smallest absolute Gasteiger partial charge is 0.304 e. The Hall–Kier alpha value is -3.52. The fourth-order valence-electron chi connectivity index (χ4n) is 4.23. The largest absolute Gasteiger partial charge is 0.481 e. The lowest BCUT2D eigenvalue weighted by molar-refractivity contribution is -0.137. The number of nitrogens with zero attached hydrogens (tertiary/aromatic N) is 3. The molecule has 188 valence electrons. The minimum atomic E-state index is -0.846. The van der Waals surface area contributed by atoms with Crippen molar-refractivity contribution in [3.63, 3.8) is 0 Å². The highest BCUT2D eigenvalue weighted by atomic mass is 32.1. The summed E-state index contributed by atoms with van der Waals surface area (Å²) in [4.78, 5) is 23.2. The summed E-state index contributed by atoms with van der Waals surface area (Å²) in [5.74, 6) is -0.585. The maximum Gasteiger partial charge on any atom is 0.304 e. The van der Waals surface area contributed by atoms with Crippen LogP contribution in [-0.2, 0) is 11.3 Å². The number of rotatable bonds is 10. The minimum Gasteiger partial charge on any atom is -0.481 e. The van der Waals surface area contributed by atoms with Crippen molar-refractivity contribution < 1.29 is 14.3 Å². The van der Waals surface area contributed by atoms with Crippen molar-refractivity contribution >= 4 is 44.7 Å². The van der Waals surface area contributed by atoms with Gasteiger partial charge in [-0.05, 0) is 69.2 Å². The van der Waals surface area contributed by atoms with Crippen LogP contribution in [0, 0.1) is 12.7 Å². The normalized spacial score (nSPS) is 12.2. The maximum atomic E-state index is 13.5. The number of hydrogen-bond acceptors (Lipinski definition) is 6. The monoisotopic (exact) mass is 506 g/mol. The Balaban J connectivity index is 1.74. The van der Waals surface area contributed by atoms with Crippen LogP contribution >= 0.6 is 11.3 Å². The molecule has 0 saturated heterocycles. The minimum absolute atomic E-state index is 0.0120. The molecule has 0 aliphatic carbocycles. The molecule has 1 atom stereocenters. The Morgan fingerprint density at radius 3 is 2.50 bits per heavy atom. The average molecular weight is 507 g/mol. The molecule has 2 aromatic heterocycles. The van der Waals surface area contributed by atoms with E-state index in [1.807, 2.05) is 38.1 Å². The molecular weight excluding hydrogens is 475 g/mol. The molecule has 0 aliphatic rings. The first-order chi connectivity index (χ1) is 17.2. The molecule has 0 amide bonds. The maximum absolute atomic E-state index is 13.5. The van der Waals surface area contributed by atoms with E-state index in [4.69, 9.17) is 4.98 Å². The summed E-state index contributed by atoms with van der Waals surface area (Å²) in [6.07, 6.45) is 0.673. The van der Waals surface area contributed by atoms with Crippen LogP contribution < -0.4 is 10.2 Å². The molecule has 4 rings (SSSR count). The van der Waals surface area contributed by atoms with Gasteiger partial charge in [-0.15, -0.1) is 11.3 Å². The van der Waals surface area contributed by atoms with E-state index in [2.05, 4.69) is 35.1 Å². The van der Waals surface area contributed by atoms with Crippen molar-refractivity contribution in [2.75, 3.05) is 10.2 Å². The van der Waals surface area contributed by atoms with Gasteiger partial charge in [0, 0.05) is 41.6 Å². The molecular formula is C28H31FN4O2S. The van der Waals surface area contributed by atoms with Crippen molar-refractivity contribution in [3.8, 4) is 0 Å². The van der Waals surface area contributed by atoms with Gasteiger partial charge in [-0.2, -0.15) is 0 Å². The number of pyridine rings is 1. The Morgan fingerprint density at radius 2 is 1.83 bits per heavy atom. The number of carbonyl (C=O) groups is 1. The van der Waals surface area contributed by atoms with Gasteiger partial charge in [-0.25, -0.2) is 14.4 Å². The van der Waals surface area contributed by atoms with Gasteiger partial charge in [0.25, 0.3) is 0 Å². The van der Waals surface area contributed by atoms with Gasteiger partial charge in [0.1, 0.15) is 11.6 Å². The molecule has 2 N–H and O–H groups in total. The van der Waals surface area contributed by atoms with Gasteiger partial charge in [0.05, 0.1) is 21.6 Å². The third-order valence-corrected chi connectivity index (χ3v) is 7.07. The first-order valence-corrected chi connectivity index (χ1v) is 12.9. The number of carboxylic acids is 1. The van der Waals surface area contributed by atoms with Crippen LogP contribution in [0.5, 0.6) is 0 Å². The van der Waals surface area contributed by atoms with E-state index in [0.717, 1.165) is 43.7 Å². The number of anilines is 3. The number of thiazole rings is 1. The summed E-state index contributed by atoms with van der Waals surface area (Å²) in [6.45, 7) is 8.69. The van der Waals surface area contributed by atoms with Crippen molar-refractivity contribution in [1.82, 2.24) is 9.97 Å². The van der Waals surface area contributed by atoms with Crippen LogP contribution in [0.2, 0.25) is 0 Å². The first-order valence-electron chi connectivity index (χ1n) is 12.1. The third-order valence-electron chi connectivity index (χ3n) is 6.13. The third kappa shape index (κ3) is 6.18.